The van der Waals surface area contributed by atoms with Crippen LogP contribution < -0.4 is 0 Å². The SMILES string of the molecule is CCCCCCCCCC[C@@H]1O[C@@H]1CCCC(C)C. The highest BCUT2D eigenvalue weighted by Crippen LogP contribution is 2.32. The van der Waals surface area contributed by atoms with Crippen LogP contribution in [0.5, 0.6) is 0 Å². The molecule has 0 unspecified atom stereocenters. The molecule has 0 radical (unpaired) electrons. The Kier molecular flexibility index (Phi) is 9.59. The van der Waals surface area contributed by atoms with Gasteiger partial charge >= 0.3 is 0 Å². The molecule has 0 saturated carbocycles. The van der Waals surface area contributed by atoms with Crippen molar-refractivity contribution in [3.05, 3.63) is 0 Å². The van der Waals surface area contributed by atoms with Crippen molar-refractivity contribution in [2.75, 3.05) is 0 Å². The number of ether oxygens (including phenoxy) is 1. The summed E-state index contributed by atoms with van der Waals surface area (Å²) in [5.41, 5.74) is 0. The van der Waals surface area contributed by atoms with Crippen LogP contribution >= 0.6 is 0 Å². The Morgan fingerprint density at radius 2 is 1.26 bits per heavy atom. The number of rotatable bonds is 13. The first-order chi connectivity index (χ1) is 9.24. The summed E-state index contributed by atoms with van der Waals surface area (Å²) in [6, 6.07) is 0. The van der Waals surface area contributed by atoms with E-state index in [4.69, 9.17) is 4.74 Å². The standard InChI is InChI=1S/C18H36O/c1-4-5-6-7-8-9-10-11-14-17-18(19-17)15-12-13-16(2)3/h16-18H,4-15H2,1-3H3/t17-,18+/m0/s1. The van der Waals surface area contributed by atoms with Crippen LogP contribution in [0.3, 0.4) is 0 Å². The number of hydrogen-bond donors (Lipinski definition) is 0. The molecule has 0 spiro atoms. The third-order valence-corrected chi connectivity index (χ3v) is 4.30. The molecule has 0 N–H and O–H groups in total. The fraction of sp³-hybridized carbons (Fsp3) is 1.00. The monoisotopic (exact) mass is 268 g/mol. The molecule has 0 bridgehead atoms. The average Bonchev–Trinajstić information content (AvgIpc) is 3.11. The van der Waals surface area contributed by atoms with Gasteiger partial charge in [-0.1, -0.05) is 85.0 Å². The van der Waals surface area contributed by atoms with Crippen LogP contribution in [-0.2, 0) is 4.74 Å². The van der Waals surface area contributed by atoms with Gasteiger partial charge in [-0.15, -0.1) is 0 Å². The molecule has 0 aromatic carbocycles. The number of hydrogen-bond acceptors (Lipinski definition) is 1. The van der Waals surface area contributed by atoms with Gasteiger partial charge in [-0.2, -0.15) is 0 Å². The van der Waals surface area contributed by atoms with E-state index in [1.165, 1.54) is 77.0 Å². The predicted octanol–water partition coefficient (Wildman–Crippen LogP) is 6.11. The van der Waals surface area contributed by atoms with Crippen molar-refractivity contribution in [1.29, 1.82) is 0 Å². The molecular weight excluding hydrogens is 232 g/mol. The summed E-state index contributed by atoms with van der Waals surface area (Å²) in [6.07, 6.45) is 18.0. The summed E-state index contributed by atoms with van der Waals surface area (Å²) in [5.74, 6) is 0.852. The van der Waals surface area contributed by atoms with Crippen LogP contribution in [0.2, 0.25) is 0 Å². The molecule has 0 aromatic rings. The lowest BCUT2D eigenvalue weighted by molar-refractivity contribution is 0.345. The van der Waals surface area contributed by atoms with Gasteiger partial charge in [-0.05, 0) is 18.8 Å². The lowest BCUT2D eigenvalue weighted by Crippen LogP contribution is -1.96. The van der Waals surface area contributed by atoms with Gasteiger partial charge in [0.1, 0.15) is 0 Å². The fourth-order valence-electron chi connectivity index (χ4n) is 2.89. The molecule has 0 aromatic heterocycles. The Hall–Kier alpha value is -0.0400. The molecular formula is C18H36O. The first kappa shape index (κ1) is 17.0. The van der Waals surface area contributed by atoms with Crippen molar-refractivity contribution in [2.45, 2.75) is 110 Å². The molecule has 19 heavy (non-hydrogen) atoms. The van der Waals surface area contributed by atoms with E-state index < -0.39 is 0 Å². The second-order valence-electron chi connectivity index (χ2n) is 6.80. The number of unbranched alkanes of at least 4 members (excludes halogenated alkanes) is 7. The Balaban J connectivity index is 1.77. The van der Waals surface area contributed by atoms with Crippen LogP contribution in [0, 0.1) is 5.92 Å². The number of epoxide rings is 1. The van der Waals surface area contributed by atoms with Crippen molar-refractivity contribution in [3.8, 4) is 0 Å². The fourth-order valence-corrected chi connectivity index (χ4v) is 2.89. The van der Waals surface area contributed by atoms with E-state index in [9.17, 15) is 0 Å². The highest BCUT2D eigenvalue weighted by Gasteiger charge is 2.36. The van der Waals surface area contributed by atoms with Crippen LogP contribution in [0.1, 0.15) is 97.8 Å². The quantitative estimate of drug-likeness (QED) is 0.290. The summed E-state index contributed by atoms with van der Waals surface area (Å²) >= 11 is 0. The average molecular weight is 268 g/mol. The second kappa shape index (κ2) is 10.7. The molecule has 1 aliphatic rings. The van der Waals surface area contributed by atoms with Gasteiger partial charge in [0.15, 0.2) is 0 Å². The van der Waals surface area contributed by atoms with Gasteiger partial charge in [0, 0.05) is 0 Å². The summed E-state index contributed by atoms with van der Waals surface area (Å²) in [5, 5.41) is 0. The van der Waals surface area contributed by atoms with Crippen molar-refractivity contribution in [2.24, 2.45) is 5.92 Å². The molecule has 0 aliphatic carbocycles. The van der Waals surface area contributed by atoms with Crippen molar-refractivity contribution < 1.29 is 4.74 Å². The molecule has 1 rings (SSSR count). The van der Waals surface area contributed by atoms with E-state index in [1.54, 1.807) is 0 Å². The summed E-state index contributed by atoms with van der Waals surface area (Å²) in [6.45, 7) is 6.91. The first-order valence-electron chi connectivity index (χ1n) is 8.89. The van der Waals surface area contributed by atoms with Crippen molar-refractivity contribution >= 4 is 0 Å². The highest BCUT2D eigenvalue weighted by atomic mass is 16.6. The summed E-state index contributed by atoms with van der Waals surface area (Å²) < 4.78 is 5.76. The predicted molar refractivity (Wildman–Crippen MR) is 84.6 cm³/mol. The zero-order valence-corrected chi connectivity index (χ0v) is 13.6. The maximum atomic E-state index is 5.76. The van der Waals surface area contributed by atoms with Gasteiger partial charge in [0.25, 0.3) is 0 Å². The van der Waals surface area contributed by atoms with E-state index in [1.807, 2.05) is 0 Å². The maximum Gasteiger partial charge on any atom is 0.0841 e. The highest BCUT2D eigenvalue weighted by molar-refractivity contribution is 4.84. The summed E-state index contributed by atoms with van der Waals surface area (Å²) in [4.78, 5) is 0. The van der Waals surface area contributed by atoms with Crippen LogP contribution in [-0.4, -0.2) is 12.2 Å². The molecule has 1 saturated heterocycles. The first-order valence-corrected chi connectivity index (χ1v) is 8.89. The minimum absolute atomic E-state index is 0.628. The third kappa shape index (κ3) is 9.49. The topological polar surface area (TPSA) is 12.5 Å². The Morgan fingerprint density at radius 3 is 1.84 bits per heavy atom. The van der Waals surface area contributed by atoms with E-state index in [-0.39, 0.29) is 0 Å². The van der Waals surface area contributed by atoms with E-state index in [0.29, 0.717) is 12.2 Å². The molecule has 1 fully saturated rings. The Labute approximate surface area is 121 Å². The zero-order valence-electron chi connectivity index (χ0n) is 13.6. The second-order valence-corrected chi connectivity index (χ2v) is 6.80. The van der Waals surface area contributed by atoms with Gasteiger partial charge in [-0.25, -0.2) is 0 Å². The molecule has 1 aliphatic heterocycles. The van der Waals surface area contributed by atoms with E-state index >= 15 is 0 Å². The van der Waals surface area contributed by atoms with Crippen LogP contribution in [0.25, 0.3) is 0 Å². The molecule has 1 heterocycles. The molecule has 1 heteroatoms. The molecule has 2 atom stereocenters. The smallest absolute Gasteiger partial charge is 0.0841 e. The van der Waals surface area contributed by atoms with E-state index in [2.05, 4.69) is 20.8 Å². The molecule has 114 valence electrons. The Bertz CT molecular complexity index is 200. The Morgan fingerprint density at radius 1 is 0.737 bits per heavy atom. The lowest BCUT2D eigenvalue weighted by atomic mass is 10.0. The van der Waals surface area contributed by atoms with Crippen molar-refractivity contribution in [3.63, 3.8) is 0 Å². The summed E-state index contributed by atoms with van der Waals surface area (Å²) in [7, 11) is 0. The third-order valence-electron chi connectivity index (χ3n) is 4.30. The van der Waals surface area contributed by atoms with Gasteiger partial charge in [0.05, 0.1) is 12.2 Å². The van der Waals surface area contributed by atoms with Crippen molar-refractivity contribution in [1.82, 2.24) is 0 Å². The zero-order chi connectivity index (χ0) is 13.9. The van der Waals surface area contributed by atoms with Gasteiger partial charge in [0.2, 0.25) is 0 Å². The van der Waals surface area contributed by atoms with Crippen LogP contribution in [0.4, 0.5) is 0 Å². The minimum atomic E-state index is 0.628. The normalized spacial score (nSPS) is 22.1. The van der Waals surface area contributed by atoms with E-state index in [0.717, 1.165) is 5.92 Å². The largest absolute Gasteiger partial charge is 0.370 e. The van der Waals surface area contributed by atoms with Gasteiger partial charge in [-0.3, -0.25) is 0 Å². The van der Waals surface area contributed by atoms with Crippen LogP contribution in [0.15, 0.2) is 0 Å². The minimum Gasteiger partial charge on any atom is -0.370 e. The molecule has 1 nitrogen and oxygen atoms in total. The van der Waals surface area contributed by atoms with Gasteiger partial charge < -0.3 is 4.74 Å². The maximum absolute atomic E-state index is 5.76. The lowest BCUT2D eigenvalue weighted by Gasteiger charge is -2.02. The molecule has 0 amide bonds.